The smallest absolute Gasteiger partial charge is 0.301 e. The number of ether oxygens (including phenoxy) is 1. The maximum Gasteiger partial charge on any atom is 0.301 e. The number of nitrogens with zero attached hydrogens (tertiary/aromatic N) is 5. The van der Waals surface area contributed by atoms with E-state index in [9.17, 15) is 4.79 Å². The molecule has 0 saturated heterocycles. The van der Waals surface area contributed by atoms with Crippen LogP contribution < -0.4 is 10.3 Å². The predicted octanol–water partition coefficient (Wildman–Crippen LogP) is 4.21. The van der Waals surface area contributed by atoms with Crippen molar-refractivity contribution in [1.82, 2.24) is 19.7 Å². The number of halogens is 1. The molecule has 0 fully saturated rings. The Labute approximate surface area is 160 Å². The molecule has 0 spiro atoms. The molecule has 8 nitrogen and oxygen atoms in total. The minimum absolute atomic E-state index is 0.175. The number of nitrogens with one attached hydrogen (secondary N) is 1. The first-order chi connectivity index (χ1) is 12.9. The van der Waals surface area contributed by atoms with Crippen LogP contribution in [0, 0.1) is 13.8 Å². The monoisotopic (exact) mass is 386 g/mol. The van der Waals surface area contributed by atoms with E-state index in [0.717, 1.165) is 11.3 Å². The molecule has 0 saturated carbocycles. The Kier molecular flexibility index (Phi) is 5.36. The van der Waals surface area contributed by atoms with Crippen LogP contribution in [0.15, 0.2) is 39.3 Å². The van der Waals surface area contributed by atoms with Gasteiger partial charge in [-0.1, -0.05) is 18.5 Å². The minimum atomic E-state index is -0.399. The Bertz CT molecular complexity index is 1030. The molecule has 1 N–H and O–H groups in total. The molecular formula is C18H19ClN6O2. The average Bonchev–Trinajstić information content (AvgIpc) is 2.94. The van der Waals surface area contributed by atoms with Crippen molar-refractivity contribution in [1.29, 1.82) is 0 Å². The lowest BCUT2D eigenvalue weighted by molar-refractivity contribution is 0.415. The van der Waals surface area contributed by atoms with Gasteiger partial charge in [0.1, 0.15) is 10.9 Å². The Morgan fingerprint density at radius 1 is 1.19 bits per heavy atom. The first kappa shape index (κ1) is 18.8. The molecule has 3 aromatic rings. The van der Waals surface area contributed by atoms with E-state index in [1.165, 1.54) is 4.68 Å². The summed E-state index contributed by atoms with van der Waals surface area (Å²) in [4.78, 5) is 21.3. The number of aromatic nitrogens is 4. The predicted molar refractivity (Wildman–Crippen MR) is 103 cm³/mol. The van der Waals surface area contributed by atoms with Crippen LogP contribution in [0.1, 0.15) is 23.9 Å². The van der Waals surface area contributed by atoms with E-state index >= 15 is 0 Å². The van der Waals surface area contributed by atoms with E-state index in [1.54, 1.807) is 38.3 Å². The van der Waals surface area contributed by atoms with Gasteiger partial charge in [0.2, 0.25) is 0 Å². The van der Waals surface area contributed by atoms with Gasteiger partial charge in [0.05, 0.1) is 18.5 Å². The number of hydrogen-bond acceptors (Lipinski definition) is 6. The van der Waals surface area contributed by atoms with E-state index in [-0.39, 0.29) is 11.6 Å². The third kappa shape index (κ3) is 3.75. The number of rotatable bonds is 5. The number of hydrogen-bond donors (Lipinski definition) is 1. The van der Waals surface area contributed by atoms with E-state index in [4.69, 9.17) is 16.3 Å². The number of azo groups is 1. The third-order valence-electron chi connectivity index (χ3n) is 4.08. The highest BCUT2D eigenvalue weighted by molar-refractivity contribution is 6.30. The van der Waals surface area contributed by atoms with Crippen molar-refractivity contribution in [2.24, 2.45) is 10.2 Å². The van der Waals surface area contributed by atoms with E-state index in [1.807, 2.05) is 13.8 Å². The molecule has 27 heavy (non-hydrogen) atoms. The van der Waals surface area contributed by atoms with Crippen LogP contribution in [-0.4, -0.2) is 26.9 Å². The number of H-pyrrole nitrogens is 1. The van der Waals surface area contributed by atoms with Crippen molar-refractivity contribution < 1.29 is 4.74 Å². The van der Waals surface area contributed by atoms with Gasteiger partial charge in [-0.2, -0.15) is 14.8 Å². The van der Waals surface area contributed by atoms with Gasteiger partial charge in [0, 0.05) is 11.3 Å². The van der Waals surface area contributed by atoms with Crippen molar-refractivity contribution >= 4 is 23.0 Å². The number of methoxy groups -OCH3 is 1. The molecule has 0 radical (unpaired) electrons. The van der Waals surface area contributed by atoms with Crippen molar-refractivity contribution in [2.45, 2.75) is 27.2 Å². The van der Waals surface area contributed by atoms with Crippen LogP contribution in [-0.2, 0) is 6.42 Å². The van der Waals surface area contributed by atoms with Crippen molar-refractivity contribution in [3.63, 3.8) is 0 Å². The number of benzene rings is 1. The van der Waals surface area contributed by atoms with Crippen LogP contribution in [0.5, 0.6) is 5.75 Å². The standard InChI is InChI=1S/C18H19ClN6O2/c1-5-14-10(2)20-18(21-16(14)19)25-17(26)15(11(3)24-25)23-22-12-6-8-13(27-4)9-7-12/h6-9,24H,5H2,1-4H3. The summed E-state index contributed by atoms with van der Waals surface area (Å²) in [6.07, 6.45) is 0.713. The first-order valence-electron chi connectivity index (χ1n) is 8.35. The van der Waals surface area contributed by atoms with Gasteiger partial charge in [-0.05, 0) is 44.5 Å². The Morgan fingerprint density at radius 2 is 1.89 bits per heavy atom. The number of aromatic amines is 1. The molecule has 0 bridgehead atoms. The molecule has 140 valence electrons. The summed E-state index contributed by atoms with van der Waals surface area (Å²) in [5, 5.41) is 11.5. The van der Waals surface area contributed by atoms with Gasteiger partial charge in [0.15, 0.2) is 5.69 Å². The fourth-order valence-corrected chi connectivity index (χ4v) is 2.95. The second kappa shape index (κ2) is 7.71. The highest BCUT2D eigenvalue weighted by atomic mass is 35.5. The Balaban J connectivity index is 1.97. The fourth-order valence-electron chi connectivity index (χ4n) is 2.60. The molecule has 0 unspecified atom stereocenters. The molecule has 1 aromatic carbocycles. The zero-order chi connectivity index (χ0) is 19.6. The molecular weight excluding hydrogens is 368 g/mol. The summed E-state index contributed by atoms with van der Waals surface area (Å²) < 4.78 is 6.32. The molecule has 3 rings (SSSR count). The topological polar surface area (TPSA) is 97.5 Å². The summed E-state index contributed by atoms with van der Waals surface area (Å²) in [5.74, 6) is 0.891. The molecule has 0 aliphatic rings. The zero-order valence-electron chi connectivity index (χ0n) is 15.4. The Hall–Kier alpha value is -3.00. The summed E-state index contributed by atoms with van der Waals surface area (Å²) >= 11 is 6.22. The average molecular weight is 387 g/mol. The SMILES string of the molecule is CCc1c(C)nc(-n2[nH]c(C)c(N=Nc3ccc(OC)cc3)c2=O)nc1Cl. The van der Waals surface area contributed by atoms with Gasteiger partial charge in [-0.3, -0.25) is 9.89 Å². The van der Waals surface area contributed by atoms with Crippen molar-refractivity contribution in [2.75, 3.05) is 7.11 Å². The molecule has 9 heteroatoms. The van der Waals surface area contributed by atoms with E-state index < -0.39 is 5.56 Å². The maximum absolute atomic E-state index is 12.7. The summed E-state index contributed by atoms with van der Waals surface area (Å²) in [7, 11) is 1.59. The first-order valence-corrected chi connectivity index (χ1v) is 8.73. The largest absolute Gasteiger partial charge is 0.497 e. The lowest BCUT2D eigenvalue weighted by Crippen LogP contribution is -2.18. The van der Waals surface area contributed by atoms with Crippen molar-refractivity contribution in [3.05, 3.63) is 56.7 Å². The van der Waals surface area contributed by atoms with Crippen LogP contribution in [0.3, 0.4) is 0 Å². The Morgan fingerprint density at radius 3 is 2.48 bits per heavy atom. The molecule has 2 heterocycles. The van der Waals surface area contributed by atoms with Gasteiger partial charge in [-0.15, -0.1) is 5.11 Å². The van der Waals surface area contributed by atoms with Crippen LogP contribution in [0.2, 0.25) is 5.15 Å². The molecule has 0 amide bonds. The van der Waals surface area contributed by atoms with Gasteiger partial charge < -0.3 is 4.74 Å². The second-order valence-corrected chi connectivity index (χ2v) is 6.21. The summed E-state index contributed by atoms with van der Waals surface area (Å²) in [5.41, 5.74) is 2.52. The van der Waals surface area contributed by atoms with Crippen LogP contribution in [0.4, 0.5) is 11.4 Å². The number of aryl methyl sites for hydroxylation is 2. The van der Waals surface area contributed by atoms with Gasteiger partial charge in [0.25, 0.3) is 5.95 Å². The van der Waals surface area contributed by atoms with Crippen molar-refractivity contribution in [3.8, 4) is 11.7 Å². The van der Waals surface area contributed by atoms with Crippen LogP contribution in [0.25, 0.3) is 5.95 Å². The summed E-state index contributed by atoms with van der Waals surface area (Å²) in [6, 6.07) is 7.03. The molecule has 0 aliphatic carbocycles. The third-order valence-corrected chi connectivity index (χ3v) is 4.40. The quantitative estimate of drug-likeness (QED) is 0.524. The minimum Gasteiger partial charge on any atom is -0.497 e. The zero-order valence-corrected chi connectivity index (χ0v) is 16.2. The fraction of sp³-hybridized carbons (Fsp3) is 0.278. The lowest BCUT2D eigenvalue weighted by Gasteiger charge is -2.07. The van der Waals surface area contributed by atoms with Gasteiger partial charge in [-0.25, -0.2) is 4.98 Å². The second-order valence-electron chi connectivity index (χ2n) is 5.86. The highest BCUT2D eigenvalue weighted by Crippen LogP contribution is 2.22. The summed E-state index contributed by atoms with van der Waals surface area (Å²) in [6.45, 7) is 5.54. The van der Waals surface area contributed by atoms with E-state index in [2.05, 4.69) is 25.3 Å². The van der Waals surface area contributed by atoms with Crippen LogP contribution >= 0.6 is 11.6 Å². The molecule has 0 aliphatic heterocycles. The lowest BCUT2D eigenvalue weighted by atomic mass is 10.2. The normalized spacial score (nSPS) is 11.3. The molecule has 0 atom stereocenters. The highest BCUT2D eigenvalue weighted by Gasteiger charge is 2.16. The van der Waals surface area contributed by atoms with Gasteiger partial charge >= 0.3 is 5.56 Å². The van der Waals surface area contributed by atoms with E-state index in [0.29, 0.717) is 28.7 Å². The molecule has 2 aromatic heterocycles. The maximum atomic E-state index is 12.7.